The molecule has 0 spiro atoms. The van der Waals surface area contributed by atoms with E-state index in [9.17, 15) is 19.1 Å². The van der Waals surface area contributed by atoms with Crippen LogP contribution in [0.4, 0.5) is 8.78 Å². The third kappa shape index (κ3) is 2.10. The summed E-state index contributed by atoms with van der Waals surface area (Å²) in [5, 5.41) is 11.1. The number of allylic oxidation sites excluding steroid dienone is 4. The van der Waals surface area contributed by atoms with Crippen molar-refractivity contribution < 1.29 is 23.5 Å². The van der Waals surface area contributed by atoms with E-state index in [4.69, 9.17) is 11.6 Å². The van der Waals surface area contributed by atoms with E-state index in [1.807, 2.05) is 6.92 Å². The summed E-state index contributed by atoms with van der Waals surface area (Å²) < 4.78 is 29.0. The Bertz CT molecular complexity index is 779. The molecule has 3 fully saturated rings. The van der Waals surface area contributed by atoms with Crippen molar-refractivity contribution in [3.05, 3.63) is 23.8 Å². The van der Waals surface area contributed by atoms with Crippen LogP contribution < -0.4 is 0 Å². The topological polar surface area (TPSA) is 54.4 Å². The van der Waals surface area contributed by atoms with Crippen LogP contribution in [0.2, 0.25) is 0 Å². The minimum atomic E-state index is -1.84. The summed E-state index contributed by atoms with van der Waals surface area (Å²) in [6.07, 6.45) is 5.04. The minimum absolute atomic E-state index is 0.0927. The minimum Gasteiger partial charge on any atom is -0.381 e. The maximum Gasteiger partial charge on any atom is 0.195 e. The Kier molecular flexibility index (Phi) is 4.08. The van der Waals surface area contributed by atoms with E-state index in [1.165, 1.54) is 6.08 Å². The van der Waals surface area contributed by atoms with Crippen LogP contribution in [0.25, 0.3) is 0 Å². The van der Waals surface area contributed by atoms with Crippen LogP contribution in [-0.4, -0.2) is 40.0 Å². The SMILES string of the molecule is C[C@]12C=CC(=O)C=C1CC[C@H]1[C@@H]3CC[C@](O)(C(=O)CF)[C@@]3(C)C[C@H](F)[C@@]12Cl. The molecule has 6 heteroatoms. The molecule has 0 heterocycles. The number of halogens is 3. The van der Waals surface area contributed by atoms with E-state index in [-0.39, 0.29) is 30.5 Å². The second-order valence-corrected chi connectivity index (χ2v) is 9.80. The summed E-state index contributed by atoms with van der Waals surface area (Å²) in [7, 11) is 0. The standard InChI is InChI=1S/C21H25ClF2O3/c1-18-7-5-13(25)9-12(18)3-4-15-14-6-8-20(27,17(26)11-23)19(14,2)10-16(24)21(15,18)22/h5,7,9,14-16,27H,3-4,6,8,10-11H2,1-2H3/t14-,15-,16-,18-,19-,20-,21-/m0/s1. The van der Waals surface area contributed by atoms with Gasteiger partial charge in [-0.15, -0.1) is 11.6 Å². The van der Waals surface area contributed by atoms with Gasteiger partial charge in [0, 0.05) is 10.8 Å². The van der Waals surface area contributed by atoms with Crippen LogP contribution in [-0.2, 0) is 9.59 Å². The molecule has 3 nitrogen and oxygen atoms in total. The van der Waals surface area contributed by atoms with Crippen LogP contribution in [0.15, 0.2) is 23.8 Å². The monoisotopic (exact) mass is 398 g/mol. The van der Waals surface area contributed by atoms with Crippen molar-refractivity contribution in [1.29, 1.82) is 0 Å². The molecule has 0 saturated heterocycles. The highest BCUT2D eigenvalue weighted by Gasteiger charge is 2.73. The maximum atomic E-state index is 15.8. The largest absolute Gasteiger partial charge is 0.381 e. The van der Waals surface area contributed by atoms with Crippen molar-refractivity contribution in [2.45, 2.75) is 62.6 Å². The molecule has 27 heavy (non-hydrogen) atoms. The first-order chi connectivity index (χ1) is 12.5. The van der Waals surface area contributed by atoms with E-state index in [1.54, 1.807) is 19.1 Å². The third-order valence-corrected chi connectivity index (χ3v) is 9.24. The van der Waals surface area contributed by atoms with E-state index < -0.39 is 39.9 Å². The maximum absolute atomic E-state index is 15.8. The highest BCUT2D eigenvalue weighted by atomic mass is 35.5. The molecule has 0 aliphatic heterocycles. The van der Waals surface area contributed by atoms with Crippen LogP contribution in [0, 0.1) is 22.7 Å². The van der Waals surface area contributed by atoms with Crippen LogP contribution in [0.3, 0.4) is 0 Å². The Morgan fingerprint density at radius 1 is 1.33 bits per heavy atom. The van der Waals surface area contributed by atoms with Gasteiger partial charge in [-0.05, 0) is 56.1 Å². The van der Waals surface area contributed by atoms with Crippen molar-refractivity contribution in [3.8, 4) is 0 Å². The van der Waals surface area contributed by atoms with E-state index in [0.717, 1.165) is 5.57 Å². The molecule has 148 valence electrons. The Morgan fingerprint density at radius 3 is 2.70 bits per heavy atom. The van der Waals surface area contributed by atoms with Crippen molar-refractivity contribution >= 4 is 23.2 Å². The summed E-state index contributed by atoms with van der Waals surface area (Å²) in [6, 6.07) is 0. The number of carbonyl (C=O) groups excluding carboxylic acids is 2. The van der Waals surface area contributed by atoms with Crippen LogP contribution >= 0.6 is 11.6 Å². The van der Waals surface area contributed by atoms with Crippen molar-refractivity contribution in [1.82, 2.24) is 0 Å². The van der Waals surface area contributed by atoms with Gasteiger partial charge >= 0.3 is 0 Å². The molecular weight excluding hydrogens is 374 g/mol. The first-order valence-corrected chi connectivity index (χ1v) is 10.0. The predicted octanol–water partition coefficient (Wildman–Crippen LogP) is 3.87. The van der Waals surface area contributed by atoms with Gasteiger partial charge in [0.25, 0.3) is 0 Å². The van der Waals surface area contributed by atoms with Gasteiger partial charge in [0.2, 0.25) is 0 Å². The van der Waals surface area contributed by atoms with Crippen molar-refractivity contribution in [2.75, 3.05) is 6.67 Å². The number of rotatable bonds is 2. The summed E-state index contributed by atoms with van der Waals surface area (Å²) >= 11 is 7.11. The summed E-state index contributed by atoms with van der Waals surface area (Å²) in [5.41, 5.74) is -2.83. The molecule has 0 radical (unpaired) electrons. The quantitative estimate of drug-likeness (QED) is 0.718. The molecular formula is C21H25ClF2O3. The number of hydrogen-bond acceptors (Lipinski definition) is 3. The summed E-state index contributed by atoms with van der Waals surface area (Å²) in [4.78, 5) is 22.8. The number of hydrogen-bond donors (Lipinski definition) is 1. The van der Waals surface area contributed by atoms with Crippen molar-refractivity contribution in [3.63, 3.8) is 0 Å². The second-order valence-electron chi connectivity index (χ2n) is 9.17. The first kappa shape index (κ1) is 19.3. The molecule has 4 rings (SSSR count). The first-order valence-electron chi connectivity index (χ1n) is 9.63. The van der Waals surface area contributed by atoms with Gasteiger partial charge < -0.3 is 5.11 Å². The Labute approximate surface area is 162 Å². The van der Waals surface area contributed by atoms with Gasteiger partial charge in [-0.2, -0.15) is 0 Å². The van der Waals surface area contributed by atoms with Gasteiger partial charge in [0.15, 0.2) is 18.2 Å². The number of carbonyl (C=O) groups is 2. The van der Waals surface area contributed by atoms with Crippen LogP contribution in [0.5, 0.6) is 0 Å². The number of alkyl halides is 3. The Morgan fingerprint density at radius 2 is 2.04 bits per heavy atom. The average Bonchev–Trinajstić information content (AvgIpc) is 2.88. The molecule has 0 aromatic rings. The molecule has 3 saturated carbocycles. The highest BCUT2D eigenvalue weighted by molar-refractivity contribution is 6.26. The lowest BCUT2D eigenvalue weighted by molar-refractivity contribution is -0.166. The molecule has 0 unspecified atom stereocenters. The van der Waals surface area contributed by atoms with E-state index >= 15 is 4.39 Å². The molecule has 0 aromatic carbocycles. The zero-order chi connectivity index (χ0) is 19.8. The molecule has 0 amide bonds. The number of ketones is 2. The fraction of sp³-hybridized carbons (Fsp3) is 0.714. The molecule has 4 aliphatic rings. The highest BCUT2D eigenvalue weighted by Crippen LogP contribution is 2.71. The molecule has 1 N–H and O–H groups in total. The van der Waals surface area contributed by atoms with Gasteiger partial charge in [-0.3, -0.25) is 9.59 Å². The molecule has 4 aliphatic carbocycles. The smallest absolute Gasteiger partial charge is 0.195 e. The van der Waals surface area contributed by atoms with E-state index in [0.29, 0.717) is 19.3 Å². The number of Topliss-reactive ketones (excluding diaryl/α,β-unsaturated/α-hetero) is 1. The fourth-order valence-electron chi connectivity index (χ4n) is 6.72. The normalized spacial score (nSPS) is 51.3. The van der Waals surface area contributed by atoms with Crippen LogP contribution in [0.1, 0.15) is 46.0 Å². The fourth-order valence-corrected chi connectivity index (χ4v) is 7.24. The lowest BCUT2D eigenvalue weighted by Crippen LogP contribution is -2.67. The number of fused-ring (bicyclic) bond motifs is 5. The van der Waals surface area contributed by atoms with Crippen molar-refractivity contribution in [2.24, 2.45) is 22.7 Å². The molecule has 0 aromatic heterocycles. The average molecular weight is 399 g/mol. The lowest BCUT2D eigenvalue weighted by Gasteiger charge is -2.63. The number of aliphatic hydroxyl groups is 1. The third-order valence-electron chi connectivity index (χ3n) is 8.33. The molecule has 0 bridgehead atoms. The Balaban J connectivity index is 1.81. The summed E-state index contributed by atoms with van der Waals surface area (Å²) in [6.45, 7) is 2.35. The van der Waals surface area contributed by atoms with Gasteiger partial charge in [-0.25, -0.2) is 8.78 Å². The zero-order valence-electron chi connectivity index (χ0n) is 15.6. The van der Waals surface area contributed by atoms with Gasteiger partial charge in [-0.1, -0.05) is 25.5 Å². The second kappa shape index (κ2) is 5.73. The van der Waals surface area contributed by atoms with E-state index in [2.05, 4.69) is 0 Å². The predicted molar refractivity (Wildman–Crippen MR) is 97.9 cm³/mol. The van der Waals surface area contributed by atoms with Gasteiger partial charge in [0.05, 0.1) is 4.87 Å². The lowest BCUT2D eigenvalue weighted by atomic mass is 9.46. The Hall–Kier alpha value is -1.07. The summed E-state index contributed by atoms with van der Waals surface area (Å²) in [5.74, 6) is -1.41. The van der Waals surface area contributed by atoms with Gasteiger partial charge in [0.1, 0.15) is 11.8 Å². The molecule has 7 atom stereocenters. The zero-order valence-corrected chi connectivity index (χ0v) is 16.4.